The Balaban J connectivity index is 1.82. The average molecular weight is 467 g/mol. The zero-order valence-electron chi connectivity index (χ0n) is 21.5. The van der Waals surface area contributed by atoms with Crippen molar-refractivity contribution < 1.29 is 0 Å². The van der Waals surface area contributed by atoms with Crippen molar-refractivity contribution in [3.63, 3.8) is 0 Å². The molecule has 0 fully saturated rings. The second kappa shape index (κ2) is 9.78. The van der Waals surface area contributed by atoms with Gasteiger partial charge in [0.05, 0.1) is 0 Å². The van der Waals surface area contributed by atoms with Gasteiger partial charge in [0.2, 0.25) is 0 Å². The predicted molar refractivity (Wildman–Crippen MR) is 156 cm³/mol. The zero-order chi connectivity index (χ0) is 24.5. The maximum atomic E-state index is 2.37. The van der Waals surface area contributed by atoms with E-state index < -0.39 is 0 Å². The van der Waals surface area contributed by atoms with E-state index in [1.54, 1.807) is 0 Å². The smallest absolute Gasteiger partial charge is 0.00262 e. The molecule has 0 heteroatoms. The summed E-state index contributed by atoms with van der Waals surface area (Å²) in [4.78, 5) is 0. The van der Waals surface area contributed by atoms with Gasteiger partial charge >= 0.3 is 0 Å². The first-order valence-electron chi connectivity index (χ1n) is 13.7. The van der Waals surface area contributed by atoms with E-state index in [2.05, 4.69) is 111 Å². The third-order valence-electron chi connectivity index (χ3n) is 7.84. The van der Waals surface area contributed by atoms with E-state index in [-0.39, 0.29) is 0 Å². The van der Waals surface area contributed by atoms with Crippen LogP contribution in [0.5, 0.6) is 0 Å². The Morgan fingerprint density at radius 1 is 0.444 bits per heavy atom. The number of fused-ring (bicyclic) bond motifs is 3. The zero-order valence-corrected chi connectivity index (χ0v) is 21.5. The normalized spacial score (nSPS) is 11.7. The highest BCUT2D eigenvalue weighted by atomic mass is 14.3. The molecule has 0 aromatic heterocycles. The summed E-state index contributed by atoms with van der Waals surface area (Å²) in [6, 6.07) is 36.1. The number of rotatable bonds is 8. The van der Waals surface area contributed by atoms with Gasteiger partial charge in [-0.1, -0.05) is 124 Å². The maximum absolute atomic E-state index is 2.37. The molecule has 1 aliphatic rings. The molecule has 0 aliphatic heterocycles. The molecule has 0 atom stereocenters. The van der Waals surface area contributed by atoms with Crippen LogP contribution < -0.4 is 0 Å². The molecule has 0 unspecified atom stereocenters. The Morgan fingerprint density at radius 2 is 0.889 bits per heavy atom. The molecule has 0 nitrogen and oxygen atoms in total. The summed E-state index contributed by atoms with van der Waals surface area (Å²) >= 11 is 0. The second-order valence-electron chi connectivity index (χ2n) is 10.1. The van der Waals surface area contributed by atoms with Crippen LogP contribution in [0.4, 0.5) is 0 Å². The minimum Gasteiger partial charge on any atom is -0.0654 e. The van der Waals surface area contributed by atoms with Crippen LogP contribution in [0.2, 0.25) is 0 Å². The molecule has 0 amide bonds. The van der Waals surface area contributed by atoms with Crippen LogP contribution in [-0.4, -0.2) is 0 Å². The fraction of sp³-hybridized carbons (Fsp3) is 0.222. The summed E-state index contributed by atoms with van der Waals surface area (Å²) in [6.45, 7) is 4.62. The largest absolute Gasteiger partial charge is 0.0654 e. The van der Waals surface area contributed by atoms with Crippen molar-refractivity contribution in [1.82, 2.24) is 0 Å². The second-order valence-corrected chi connectivity index (χ2v) is 10.1. The van der Waals surface area contributed by atoms with Gasteiger partial charge in [-0.15, -0.1) is 0 Å². The molecular formula is C36H34. The van der Waals surface area contributed by atoms with Crippen molar-refractivity contribution >= 4 is 10.8 Å². The lowest BCUT2D eigenvalue weighted by molar-refractivity contribution is 0.790. The van der Waals surface area contributed by atoms with E-state index in [0.29, 0.717) is 0 Å². The standard InChI is InChI=1S/C36H34/c1-3-5-21-30-33(26-15-9-7-10-16-26)34(27-17-11-8-12-18-27)31(22-6-4-2)36-29-24-14-20-25-19-13-23-28(32(25)29)35(30)36/h7-20,23-24H,3-6,21-22H2,1-2H3. The summed E-state index contributed by atoms with van der Waals surface area (Å²) in [5, 5.41) is 2.79. The Morgan fingerprint density at radius 3 is 1.31 bits per heavy atom. The van der Waals surface area contributed by atoms with Gasteiger partial charge < -0.3 is 0 Å². The Bertz CT molecular complexity index is 1410. The monoisotopic (exact) mass is 466 g/mol. The quantitative estimate of drug-likeness (QED) is 0.209. The summed E-state index contributed by atoms with van der Waals surface area (Å²) < 4.78 is 0. The summed E-state index contributed by atoms with van der Waals surface area (Å²) in [6.07, 6.45) is 6.97. The van der Waals surface area contributed by atoms with Gasteiger partial charge in [0.25, 0.3) is 0 Å². The molecular weight excluding hydrogens is 432 g/mol. The first kappa shape index (κ1) is 22.8. The minimum atomic E-state index is 1.10. The molecule has 0 N–H and O–H groups in total. The highest BCUT2D eigenvalue weighted by Gasteiger charge is 2.31. The van der Waals surface area contributed by atoms with E-state index in [1.165, 1.54) is 92.1 Å². The average Bonchev–Trinajstić information content (AvgIpc) is 3.27. The highest BCUT2D eigenvalue weighted by molar-refractivity contribution is 6.19. The molecule has 0 spiro atoms. The van der Waals surface area contributed by atoms with Crippen molar-refractivity contribution in [2.45, 2.75) is 52.4 Å². The van der Waals surface area contributed by atoms with Gasteiger partial charge in [-0.05, 0) is 92.1 Å². The van der Waals surface area contributed by atoms with Crippen LogP contribution in [0, 0.1) is 0 Å². The highest BCUT2D eigenvalue weighted by Crippen LogP contribution is 2.56. The maximum Gasteiger partial charge on any atom is -0.00262 e. The number of unbranched alkanes of at least 4 members (excludes halogenated alkanes) is 2. The van der Waals surface area contributed by atoms with E-state index in [0.717, 1.165) is 12.8 Å². The first-order valence-corrected chi connectivity index (χ1v) is 13.7. The van der Waals surface area contributed by atoms with Crippen molar-refractivity contribution in [2.24, 2.45) is 0 Å². The Hall–Kier alpha value is -3.64. The van der Waals surface area contributed by atoms with Crippen molar-refractivity contribution in [3.05, 3.63) is 108 Å². The van der Waals surface area contributed by atoms with Crippen molar-refractivity contribution in [3.8, 4) is 44.5 Å². The Kier molecular flexibility index (Phi) is 6.20. The van der Waals surface area contributed by atoms with Crippen LogP contribution in [-0.2, 0) is 12.8 Å². The van der Waals surface area contributed by atoms with Crippen LogP contribution in [0.1, 0.15) is 50.7 Å². The molecule has 36 heavy (non-hydrogen) atoms. The van der Waals surface area contributed by atoms with Crippen LogP contribution in [0.3, 0.4) is 0 Å². The minimum absolute atomic E-state index is 1.10. The van der Waals surface area contributed by atoms with E-state index in [1.807, 2.05) is 0 Å². The van der Waals surface area contributed by atoms with Gasteiger partial charge in [0, 0.05) is 0 Å². The van der Waals surface area contributed by atoms with E-state index in [4.69, 9.17) is 0 Å². The lowest BCUT2D eigenvalue weighted by Gasteiger charge is -2.26. The third-order valence-corrected chi connectivity index (χ3v) is 7.84. The topological polar surface area (TPSA) is 0 Å². The summed E-state index contributed by atoms with van der Waals surface area (Å²) in [5.74, 6) is 0. The van der Waals surface area contributed by atoms with Crippen LogP contribution in [0.25, 0.3) is 55.3 Å². The predicted octanol–water partition coefficient (Wildman–Crippen LogP) is 10.5. The van der Waals surface area contributed by atoms with Gasteiger partial charge in [-0.3, -0.25) is 0 Å². The lowest BCUT2D eigenvalue weighted by Crippen LogP contribution is -2.04. The molecule has 0 radical (unpaired) electrons. The van der Waals surface area contributed by atoms with Gasteiger partial charge in [-0.2, -0.15) is 0 Å². The Labute approximate surface area is 215 Å². The fourth-order valence-corrected chi connectivity index (χ4v) is 6.26. The van der Waals surface area contributed by atoms with Gasteiger partial charge in [-0.25, -0.2) is 0 Å². The molecule has 0 bridgehead atoms. The molecule has 178 valence electrons. The molecule has 5 aromatic rings. The van der Waals surface area contributed by atoms with Gasteiger partial charge in [0.15, 0.2) is 0 Å². The van der Waals surface area contributed by atoms with Crippen molar-refractivity contribution in [1.29, 1.82) is 0 Å². The summed E-state index contributed by atoms with van der Waals surface area (Å²) in [5.41, 5.74) is 14.5. The molecule has 1 aliphatic carbocycles. The molecule has 6 rings (SSSR count). The number of hydrogen-bond donors (Lipinski definition) is 0. The fourth-order valence-electron chi connectivity index (χ4n) is 6.26. The molecule has 0 heterocycles. The summed E-state index contributed by atoms with van der Waals surface area (Å²) in [7, 11) is 0. The van der Waals surface area contributed by atoms with Crippen LogP contribution in [0.15, 0.2) is 97.1 Å². The molecule has 0 saturated carbocycles. The van der Waals surface area contributed by atoms with Crippen molar-refractivity contribution in [2.75, 3.05) is 0 Å². The first-order chi connectivity index (χ1) is 17.8. The third kappa shape index (κ3) is 3.68. The van der Waals surface area contributed by atoms with E-state index in [9.17, 15) is 0 Å². The molecule has 0 saturated heterocycles. The van der Waals surface area contributed by atoms with Crippen LogP contribution >= 0.6 is 0 Å². The van der Waals surface area contributed by atoms with E-state index >= 15 is 0 Å². The van der Waals surface area contributed by atoms with Gasteiger partial charge in [0.1, 0.15) is 0 Å². The molecule has 5 aromatic carbocycles. The lowest BCUT2D eigenvalue weighted by atomic mass is 9.78. The number of hydrogen-bond acceptors (Lipinski definition) is 0. The number of benzene rings is 5. The SMILES string of the molecule is CCCCc1c(-c2ccccc2)c(-c2ccccc2)c(CCCC)c2c1-c1cccc3cccc-2c13.